The first-order valence-corrected chi connectivity index (χ1v) is 11.5. The van der Waals surface area contributed by atoms with Gasteiger partial charge in [0.2, 0.25) is 5.91 Å². The average molecular weight is 471 g/mol. The highest BCUT2D eigenvalue weighted by atomic mass is 35.5. The predicted molar refractivity (Wildman–Crippen MR) is 132 cm³/mol. The first-order valence-electron chi connectivity index (χ1n) is 11.1. The highest BCUT2D eigenvalue weighted by Crippen LogP contribution is 2.26. The second-order valence-electron chi connectivity index (χ2n) is 8.57. The fourth-order valence-corrected chi connectivity index (χ4v) is 3.74. The lowest BCUT2D eigenvalue weighted by atomic mass is 9.92. The molecule has 1 atom stereocenters. The number of carbonyl (C=O) groups excluding carboxylic acids is 2. The van der Waals surface area contributed by atoms with Crippen molar-refractivity contribution in [2.24, 2.45) is 11.0 Å². The number of ether oxygens (including phenoxy) is 1. The molecule has 0 saturated heterocycles. The molecule has 0 radical (unpaired) electrons. The Labute approximate surface area is 200 Å². The van der Waals surface area contributed by atoms with Gasteiger partial charge in [0.1, 0.15) is 5.75 Å². The van der Waals surface area contributed by atoms with Gasteiger partial charge in [-0.25, -0.2) is 9.80 Å². The number of benzene rings is 2. The van der Waals surface area contributed by atoms with Gasteiger partial charge in [-0.2, -0.15) is 5.10 Å². The van der Waals surface area contributed by atoms with Crippen LogP contribution in [0.2, 0.25) is 5.02 Å². The van der Waals surface area contributed by atoms with Crippen LogP contribution in [0.25, 0.3) is 0 Å². The van der Waals surface area contributed by atoms with Crippen molar-refractivity contribution in [3.8, 4) is 5.75 Å². The molecule has 3 rings (SSSR count). The summed E-state index contributed by atoms with van der Waals surface area (Å²) >= 11 is 6.05. The van der Waals surface area contributed by atoms with E-state index >= 15 is 0 Å². The smallest absolute Gasteiger partial charge is 0.342 e. The molecule has 3 amide bonds. The summed E-state index contributed by atoms with van der Waals surface area (Å²) in [5, 5.41) is 9.63. The largest absolute Gasteiger partial charge is 0.491 e. The fourth-order valence-electron chi connectivity index (χ4n) is 3.62. The number of anilines is 1. The van der Waals surface area contributed by atoms with E-state index in [1.165, 1.54) is 5.01 Å². The van der Waals surface area contributed by atoms with Crippen LogP contribution >= 0.6 is 11.6 Å². The predicted octanol–water partition coefficient (Wildman–Crippen LogP) is 5.25. The van der Waals surface area contributed by atoms with Crippen molar-refractivity contribution in [2.75, 3.05) is 26.0 Å². The number of nitrogens with one attached hydrogen (secondary N) is 1. The molecular formula is C25H31ClN4O3. The summed E-state index contributed by atoms with van der Waals surface area (Å²) in [4.78, 5) is 26.5. The third kappa shape index (κ3) is 6.96. The van der Waals surface area contributed by atoms with Gasteiger partial charge < -0.3 is 15.0 Å². The third-order valence-corrected chi connectivity index (χ3v) is 5.55. The number of hydrazone groups is 1. The Balaban J connectivity index is 1.69. The number of rotatable bonds is 8. The first-order chi connectivity index (χ1) is 15.7. The monoisotopic (exact) mass is 470 g/mol. The summed E-state index contributed by atoms with van der Waals surface area (Å²) in [6, 6.07) is 14.4. The zero-order chi connectivity index (χ0) is 24.0. The van der Waals surface area contributed by atoms with Crippen LogP contribution in [0.15, 0.2) is 53.6 Å². The van der Waals surface area contributed by atoms with Crippen LogP contribution in [-0.4, -0.2) is 54.3 Å². The maximum absolute atomic E-state index is 12.9. The molecule has 176 valence electrons. The van der Waals surface area contributed by atoms with E-state index in [0.29, 0.717) is 23.7 Å². The van der Waals surface area contributed by atoms with Gasteiger partial charge in [-0.1, -0.05) is 23.7 Å². The van der Waals surface area contributed by atoms with E-state index in [9.17, 15) is 9.59 Å². The minimum Gasteiger partial charge on any atom is -0.491 e. The van der Waals surface area contributed by atoms with E-state index in [4.69, 9.17) is 16.3 Å². The van der Waals surface area contributed by atoms with Crippen LogP contribution in [0.1, 0.15) is 38.7 Å². The number of urea groups is 1. The van der Waals surface area contributed by atoms with Crippen molar-refractivity contribution in [2.45, 2.75) is 39.2 Å². The SMILES string of the molecule is CC(C)Oc1ccc(NC(=O)N2CC(CCCC(=O)N(C)C)C(c3ccc(Cl)cc3)=N2)cc1. The molecule has 1 heterocycles. The zero-order valence-electron chi connectivity index (χ0n) is 19.5. The molecule has 0 fully saturated rings. The molecule has 1 N–H and O–H groups in total. The number of amides is 3. The topological polar surface area (TPSA) is 74.2 Å². The molecule has 2 aromatic carbocycles. The minimum atomic E-state index is -0.300. The van der Waals surface area contributed by atoms with Crippen LogP contribution in [-0.2, 0) is 4.79 Å². The van der Waals surface area contributed by atoms with Crippen LogP contribution < -0.4 is 10.1 Å². The number of carbonyl (C=O) groups is 2. The molecule has 7 nitrogen and oxygen atoms in total. The standard InChI is InChI=1S/C25H31ClN4O3/c1-17(2)33-22-14-12-21(13-15-22)27-25(32)30-16-19(6-5-7-23(31)29(3)4)24(28-30)18-8-10-20(26)11-9-18/h8-15,17,19H,5-7,16H2,1-4H3,(H,27,32). The Kier molecular flexibility index (Phi) is 8.33. The Morgan fingerprint density at radius 2 is 1.82 bits per heavy atom. The van der Waals surface area contributed by atoms with Gasteiger partial charge >= 0.3 is 6.03 Å². The van der Waals surface area contributed by atoms with E-state index in [1.807, 2.05) is 50.2 Å². The quantitative estimate of drug-likeness (QED) is 0.572. The summed E-state index contributed by atoms with van der Waals surface area (Å²) in [6.07, 6.45) is 2.03. The molecule has 1 aliphatic heterocycles. The highest BCUT2D eigenvalue weighted by molar-refractivity contribution is 6.30. The Morgan fingerprint density at radius 1 is 1.15 bits per heavy atom. The Bertz CT molecular complexity index is 988. The van der Waals surface area contributed by atoms with Gasteiger partial charge in [-0.3, -0.25) is 4.79 Å². The normalized spacial score (nSPS) is 15.4. The van der Waals surface area contributed by atoms with E-state index < -0.39 is 0 Å². The molecule has 0 aromatic heterocycles. The molecule has 0 bridgehead atoms. The van der Waals surface area contributed by atoms with Crippen molar-refractivity contribution < 1.29 is 14.3 Å². The van der Waals surface area contributed by atoms with Crippen molar-refractivity contribution in [3.63, 3.8) is 0 Å². The summed E-state index contributed by atoms with van der Waals surface area (Å²) in [7, 11) is 3.51. The third-order valence-electron chi connectivity index (χ3n) is 5.30. The maximum Gasteiger partial charge on any atom is 0.342 e. The summed E-state index contributed by atoms with van der Waals surface area (Å²) < 4.78 is 5.65. The van der Waals surface area contributed by atoms with Gasteiger partial charge in [-0.15, -0.1) is 0 Å². The molecule has 33 heavy (non-hydrogen) atoms. The lowest BCUT2D eigenvalue weighted by Gasteiger charge is -2.16. The van der Waals surface area contributed by atoms with E-state index in [1.54, 1.807) is 31.1 Å². The van der Waals surface area contributed by atoms with Crippen LogP contribution in [0.5, 0.6) is 5.75 Å². The molecule has 0 saturated carbocycles. The maximum atomic E-state index is 12.9. The Morgan fingerprint density at radius 3 is 2.42 bits per heavy atom. The molecule has 1 aliphatic rings. The lowest BCUT2D eigenvalue weighted by Crippen LogP contribution is -2.30. The first kappa shape index (κ1) is 24.6. The van der Waals surface area contributed by atoms with Crippen LogP contribution in [0.4, 0.5) is 10.5 Å². The number of hydrogen-bond acceptors (Lipinski definition) is 4. The van der Waals surface area contributed by atoms with Gasteiger partial charge in [0.25, 0.3) is 0 Å². The molecule has 0 aliphatic carbocycles. The van der Waals surface area contributed by atoms with Crippen molar-refractivity contribution in [1.82, 2.24) is 9.91 Å². The summed E-state index contributed by atoms with van der Waals surface area (Å²) in [5.41, 5.74) is 2.42. The van der Waals surface area contributed by atoms with Gasteiger partial charge in [0, 0.05) is 37.1 Å². The summed E-state index contributed by atoms with van der Waals surface area (Å²) in [5.74, 6) is 0.880. The van der Waals surface area contributed by atoms with E-state index in [-0.39, 0.29) is 24.0 Å². The van der Waals surface area contributed by atoms with Crippen LogP contribution in [0.3, 0.4) is 0 Å². The summed E-state index contributed by atoms with van der Waals surface area (Å²) in [6.45, 7) is 4.38. The number of hydrogen-bond donors (Lipinski definition) is 1. The second-order valence-corrected chi connectivity index (χ2v) is 9.01. The second kappa shape index (κ2) is 11.2. The van der Waals surface area contributed by atoms with Gasteiger partial charge in [0.15, 0.2) is 0 Å². The number of halogens is 1. The van der Waals surface area contributed by atoms with Crippen LogP contribution in [0, 0.1) is 5.92 Å². The number of nitrogens with zero attached hydrogens (tertiary/aromatic N) is 3. The lowest BCUT2D eigenvalue weighted by molar-refractivity contribution is -0.128. The molecule has 2 aromatic rings. The molecule has 0 spiro atoms. The minimum absolute atomic E-state index is 0.0358. The Hall–Kier alpha value is -3.06. The highest BCUT2D eigenvalue weighted by Gasteiger charge is 2.31. The molecular weight excluding hydrogens is 440 g/mol. The fraction of sp³-hybridized carbons (Fsp3) is 0.400. The van der Waals surface area contributed by atoms with Gasteiger partial charge in [0.05, 0.1) is 18.4 Å². The van der Waals surface area contributed by atoms with Crippen molar-refractivity contribution in [3.05, 3.63) is 59.1 Å². The van der Waals surface area contributed by atoms with Gasteiger partial charge in [-0.05, 0) is 68.7 Å². The van der Waals surface area contributed by atoms with Crippen molar-refractivity contribution >= 4 is 34.9 Å². The molecule has 1 unspecified atom stereocenters. The average Bonchev–Trinajstić information content (AvgIpc) is 3.19. The zero-order valence-corrected chi connectivity index (χ0v) is 20.3. The molecule has 8 heteroatoms. The van der Waals surface area contributed by atoms with Crippen molar-refractivity contribution in [1.29, 1.82) is 0 Å². The van der Waals surface area contributed by atoms with E-state index in [2.05, 4.69) is 10.4 Å². The van der Waals surface area contributed by atoms with E-state index in [0.717, 1.165) is 29.9 Å².